The number of aryl methyl sites for hydroxylation is 4. The normalized spacial score (nSPS) is 11.3. The van der Waals surface area contributed by atoms with Crippen LogP contribution >= 0.6 is 11.3 Å². The average Bonchev–Trinajstić information content (AvgIpc) is 3.08. The summed E-state index contributed by atoms with van der Waals surface area (Å²) < 4.78 is 15.1. The Labute approximate surface area is 184 Å². The van der Waals surface area contributed by atoms with Crippen LogP contribution in [0.1, 0.15) is 39.1 Å². The maximum absolute atomic E-state index is 13.6. The second-order valence-electron chi connectivity index (χ2n) is 7.74. The first kappa shape index (κ1) is 21.1. The van der Waals surface area contributed by atoms with Crippen LogP contribution in [0.15, 0.2) is 47.3 Å². The van der Waals surface area contributed by atoms with Crippen molar-refractivity contribution in [2.75, 3.05) is 0 Å². The number of benzene rings is 2. The predicted octanol–water partition coefficient (Wildman–Crippen LogP) is 5.63. The second kappa shape index (κ2) is 8.19. The molecule has 0 atom stereocenters. The first-order valence-corrected chi connectivity index (χ1v) is 11.0. The predicted molar refractivity (Wildman–Crippen MR) is 124 cm³/mol. The molecule has 0 aliphatic rings. The van der Waals surface area contributed by atoms with Crippen LogP contribution in [0.2, 0.25) is 0 Å². The van der Waals surface area contributed by atoms with Crippen LogP contribution in [0.3, 0.4) is 0 Å². The monoisotopic (exact) mass is 434 g/mol. The fraction of sp³-hybridized carbons (Fsp3) is 0.240. The molecule has 0 saturated heterocycles. The van der Waals surface area contributed by atoms with Gasteiger partial charge >= 0.3 is 0 Å². The van der Waals surface area contributed by atoms with Gasteiger partial charge in [0, 0.05) is 22.4 Å². The Bertz CT molecular complexity index is 1370. The quantitative estimate of drug-likeness (QED) is 0.382. The molecule has 0 N–H and O–H groups in total. The van der Waals surface area contributed by atoms with Crippen molar-refractivity contribution in [1.82, 2.24) is 9.55 Å². The van der Waals surface area contributed by atoms with E-state index in [1.54, 1.807) is 6.92 Å². The molecule has 0 unspecified atom stereocenters. The molecule has 0 amide bonds. The molecule has 0 aliphatic carbocycles. The highest BCUT2D eigenvalue weighted by molar-refractivity contribution is 7.19. The van der Waals surface area contributed by atoms with E-state index < -0.39 is 0 Å². The summed E-state index contributed by atoms with van der Waals surface area (Å²) in [6.07, 6.45) is 0.526. The summed E-state index contributed by atoms with van der Waals surface area (Å²) in [4.78, 5) is 32.9. The zero-order chi connectivity index (χ0) is 22.3. The number of fused-ring (bicyclic) bond motifs is 1. The minimum Gasteiger partial charge on any atom is -0.292 e. The number of nitrogens with zero attached hydrogens (tertiary/aromatic N) is 2. The lowest BCUT2D eigenvalue weighted by Gasteiger charge is -2.12. The second-order valence-corrected chi connectivity index (χ2v) is 8.94. The van der Waals surface area contributed by atoms with Crippen LogP contribution in [0.5, 0.6) is 0 Å². The number of aromatic nitrogens is 2. The van der Waals surface area contributed by atoms with Crippen molar-refractivity contribution in [2.24, 2.45) is 0 Å². The lowest BCUT2D eigenvalue weighted by atomic mass is 10.0. The maximum atomic E-state index is 13.6. The third-order valence-electron chi connectivity index (χ3n) is 5.50. The highest BCUT2D eigenvalue weighted by atomic mass is 32.1. The van der Waals surface area contributed by atoms with Crippen molar-refractivity contribution >= 4 is 27.3 Å². The topological polar surface area (TPSA) is 52.0 Å². The number of halogens is 1. The van der Waals surface area contributed by atoms with Crippen molar-refractivity contribution in [3.63, 3.8) is 0 Å². The molecule has 4 nitrogen and oxygen atoms in total. The molecule has 0 spiro atoms. The number of carbonyl (C=O) groups excluding carboxylic acids is 1. The van der Waals surface area contributed by atoms with E-state index in [4.69, 9.17) is 4.98 Å². The van der Waals surface area contributed by atoms with Gasteiger partial charge in [-0.2, -0.15) is 0 Å². The van der Waals surface area contributed by atoms with Gasteiger partial charge in [-0.3, -0.25) is 14.2 Å². The smallest absolute Gasteiger partial charge is 0.263 e. The minimum atomic E-state index is -0.359. The number of Topliss-reactive ketones (excluding diaryl/α,β-unsaturated/α-hetero) is 1. The van der Waals surface area contributed by atoms with Crippen LogP contribution in [0.25, 0.3) is 21.3 Å². The van der Waals surface area contributed by atoms with E-state index in [1.165, 1.54) is 34.1 Å². The molecule has 158 valence electrons. The molecule has 0 radical (unpaired) electrons. The summed E-state index contributed by atoms with van der Waals surface area (Å²) >= 11 is 1.50. The number of thiophene rings is 1. The fourth-order valence-corrected chi connectivity index (χ4v) is 4.85. The average molecular weight is 435 g/mol. The van der Waals surface area contributed by atoms with Gasteiger partial charge in [-0.15, -0.1) is 11.3 Å². The van der Waals surface area contributed by atoms with Crippen LogP contribution in [-0.2, 0) is 13.0 Å². The van der Waals surface area contributed by atoms with Gasteiger partial charge in [0.15, 0.2) is 5.78 Å². The molecule has 2 aromatic heterocycles. The number of carbonyl (C=O) groups is 1. The SMILES string of the molecule is CCc1nc2sc(C)c(-c3ccc(C)cc3)c2c(=O)n1CC(=O)c1ccc(F)c(C)c1. The Morgan fingerprint density at radius 2 is 1.81 bits per heavy atom. The molecule has 6 heteroatoms. The minimum absolute atomic E-state index is 0.127. The third kappa shape index (κ3) is 3.83. The fourth-order valence-electron chi connectivity index (χ4n) is 3.79. The standard InChI is InChI=1S/C25H23FN2O2S/c1-5-21-27-24-23(22(16(4)31-24)17-8-6-14(2)7-9-17)25(30)28(21)13-20(29)18-10-11-19(26)15(3)12-18/h6-12H,5,13H2,1-4H3. The highest BCUT2D eigenvalue weighted by Crippen LogP contribution is 2.36. The summed E-state index contributed by atoms with van der Waals surface area (Å²) in [5.74, 6) is -0.0335. The number of ketones is 1. The Hall–Kier alpha value is -3.12. The van der Waals surface area contributed by atoms with Crippen molar-refractivity contribution < 1.29 is 9.18 Å². The molecule has 0 bridgehead atoms. The number of hydrogen-bond acceptors (Lipinski definition) is 4. The van der Waals surface area contributed by atoms with E-state index in [0.717, 1.165) is 21.6 Å². The third-order valence-corrected chi connectivity index (χ3v) is 6.50. The van der Waals surface area contributed by atoms with Gasteiger partial charge in [-0.05, 0) is 50.1 Å². The molecule has 4 aromatic rings. The zero-order valence-corrected chi connectivity index (χ0v) is 18.8. The highest BCUT2D eigenvalue weighted by Gasteiger charge is 2.21. The molecule has 4 rings (SSSR count). The van der Waals surface area contributed by atoms with Gasteiger partial charge in [0.25, 0.3) is 5.56 Å². The molecule has 0 saturated carbocycles. The summed E-state index contributed by atoms with van der Waals surface area (Å²) in [5.41, 5.74) is 3.55. The summed E-state index contributed by atoms with van der Waals surface area (Å²) in [7, 11) is 0. The first-order chi connectivity index (χ1) is 14.8. The van der Waals surface area contributed by atoms with E-state index in [9.17, 15) is 14.0 Å². The summed E-state index contributed by atoms with van der Waals surface area (Å²) in [6.45, 7) is 7.41. The Morgan fingerprint density at radius 1 is 1.10 bits per heavy atom. The zero-order valence-electron chi connectivity index (χ0n) is 18.0. The molecule has 0 aliphatic heterocycles. The van der Waals surface area contributed by atoms with Gasteiger partial charge in [-0.25, -0.2) is 9.37 Å². The van der Waals surface area contributed by atoms with Crippen LogP contribution in [0, 0.1) is 26.6 Å². The molecular formula is C25H23FN2O2S. The van der Waals surface area contributed by atoms with Crippen molar-refractivity contribution in [3.05, 3.63) is 86.0 Å². The van der Waals surface area contributed by atoms with Crippen molar-refractivity contribution in [3.8, 4) is 11.1 Å². The van der Waals surface area contributed by atoms with Gasteiger partial charge in [0.1, 0.15) is 16.5 Å². The molecule has 2 heterocycles. The van der Waals surface area contributed by atoms with E-state index in [-0.39, 0.29) is 23.7 Å². The Morgan fingerprint density at radius 3 is 2.45 bits per heavy atom. The number of rotatable bonds is 5. The molecular weight excluding hydrogens is 411 g/mol. The number of hydrogen-bond donors (Lipinski definition) is 0. The van der Waals surface area contributed by atoms with Crippen LogP contribution < -0.4 is 5.56 Å². The van der Waals surface area contributed by atoms with Crippen molar-refractivity contribution in [1.29, 1.82) is 0 Å². The molecule has 2 aromatic carbocycles. The lowest BCUT2D eigenvalue weighted by molar-refractivity contribution is 0.0969. The Balaban J connectivity index is 1.87. The van der Waals surface area contributed by atoms with Crippen molar-refractivity contribution in [2.45, 2.75) is 40.7 Å². The largest absolute Gasteiger partial charge is 0.292 e. The maximum Gasteiger partial charge on any atom is 0.263 e. The van der Waals surface area contributed by atoms with E-state index >= 15 is 0 Å². The van der Waals surface area contributed by atoms with Gasteiger partial charge < -0.3 is 0 Å². The first-order valence-electron chi connectivity index (χ1n) is 10.2. The molecule has 31 heavy (non-hydrogen) atoms. The van der Waals surface area contributed by atoms with E-state index in [0.29, 0.717) is 33.6 Å². The van der Waals surface area contributed by atoms with Gasteiger partial charge in [0.2, 0.25) is 0 Å². The van der Waals surface area contributed by atoms with E-state index in [2.05, 4.69) is 0 Å². The lowest BCUT2D eigenvalue weighted by Crippen LogP contribution is -2.28. The van der Waals surface area contributed by atoms with Crippen LogP contribution in [-0.4, -0.2) is 15.3 Å². The van der Waals surface area contributed by atoms with Gasteiger partial charge in [-0.1, -0.05) is 36.8 Å². The Kier molecular flexibility index (Phi) is 5.58. The molecule has 0 fully saturated rings. The summed E-state index contributed by atoms with van der Waals surface area (Å²) in [5, 5.41) is 0.548. The van der Waals surface area contributed by atoms with Crippen LogP contribution in [0.4, 0.5) is 4.39 Å². The van der Waals surface area contributed by atoms with Gasteiger partial charge in [0.05, 0.1) is 11.9 Å². The summed E-state index contributed by atoms with van der Waals surface area (Å²) in [6, 6.07) is 12.3. The van der Waals surface area contributed by atoms with E-state index in [1.807, 2.05) is 45.0 Å².